The molecule has 3 aliphatic rings. The molecule has 0 N–H and O–H groups in total. The van der Waals surface area contributed by atoms with Crippen molar-refractivity contribution in [2.75, 3.05) is 0 Å². The summed E-state index contributed by atoms with van der Waals surface area (Å²) in [7, 11) is 0. The fourth-order valence-corrected chi connectivity index (χ4v) is 7.12. The monoisotopic (exact) mass is 490 g/mol. The Morgan fingerprint density at radius 3 is 2.51 bits per heavy atom. The lowest BCUT2D eigenvalue weighted by atomic mass is 9.76. The largest absolute Gasteiger partial charge is 0.0990 e. The van der Waals surface area contributed by atoms with Gasteiger partial charge in [-0.05, 0) is 102 Å². The van der Waals surface area contributed by atoms with Gasteiger partial charge in [0.2, 0.25) is 0 Å². The second-order valence-electron chi connectivity index (χ2n) is 12.4. The van der Waals surface area contributed by atoms with Gasteiger partial charge in [0.15, 0.2) is 0 Å². The maximum atomic E-state index is 4.71. The highest BCUT2D eigenvalue weighted by molar-refractivity contribution is 5.74. The van der Waals surface area contributed by atoms with Crippen LogP contribution in [0.25, 0.3) is 5.57 Å². The highest BCUT2D eigenvalue weighted by Crippen LogP contribution is 2.46. The molecule has 0 aliphatic heterocycles. The molecule has 37 heavy (non-hydrogen) atoms. The predicted molar refractivity (Wildman–Crippen MR) is 161 cm³/mol. The van der Waals surface area contributed by atoms with Crippen molar-refractivity contribution >= 4 is 5.57 Å². The van der Waals surface area contributed by atoms with Crippen molar-refractivity contribution in [2.45, 2.75) is 97.3 Å². The summed E-state index contributed by atoms with van der Waals surface area (Å²) in [5.41, 5.74) is 13.0. The summed E-state index contributed by atoms with van der Waals surface area (Å²) in [6.07, 6.45) is 18.7. The Bertz CT molecular complexity index is 1240. The van der Waals surface area contributed by atoms with Crippen LogP contribution < -0.4 is 0 Å². The molecule has 1 fully saturated rings. The summed E-state index contributed by atoms with van der Waals surface area (Å²) >= 11 is 0. The summed E-state index contributed by atoms with van der Waals surface area (Å²) < 4.78 is 0. The van der Waals surface area contributed by atoms with Crippen LogP contribution in [0.15, 0.2) is 78.4 Å². The smallest absolute Gasteiger partial charge is 0.00928 e. The Morgan fingerprint density at radius 1 is 0.973 bits per heavy atom. The number of fused-ring (bicyclic) bond motifs is 1. The first-order chi connectivity index (χ1) is 17.8. The fraction of sp³-hybridized carbons (Fsp3) is 0.459. The van der Waals surface area contributed by atoms with Gasteiger partial charge in [-0.25, -0.2) is 0 Å². The first-order valence-corrected chi connectivity index (χ1v) is 14.8. The van der Waals surface area contributed by atoms with E-state index in [-0.39, 0.29) is 0 Å². The zero-order chi connectivity index (χ0) is 26.1. The van der Waals surface area contributed by atoms with E-state index in [0.29, 0.717) is 23.7 Å². The van der Waals surface area contributed by atoms with Gasteiger partial charge in [0.1, 0.15) is 0 Å². The van der Waals surface area contributed by atoms with E-state index < -0.39 is 0 Å². The third kappa shape index (κ3) is 5.50. The third-order valence-electron chi connectivity index (χ3n) is 9.60. The molecule has 0 nitrogen and oxygen atoms in total. The minimum atomic E-state index is 0.364. The maximum Gasteiger partial charge on any atom is 0.00928 e. The third-order valence-corrected chi connectivity index (χ3v) is 9.60. The minimum Gasteiger partial charge on any atom is -0.0990 e. The van der Waals surface area contributed by atoms with Crippen LogP contribution in [0, 0.1) is 18.8 Å². The number of rotatable bonds is 7. The molecular weight excluding hydrogens is 444 g/mol. The zero-order valence-electron chi connectivity index (χ0n) is 23.8. The molecule has 2 aromatic rings. The predicted octanol–water partition coefficient (Wildman–Crippen LogP) is 10.6. The molecule has 0 aromatic heterocycles. The van der Waals surface area contributed by atoms with Gasteiger partial charge in [0.25, 0.3) is 0 Å². The molecule has 194 valence electrons. The fourth-order valence-electron chi connectivity index (χ4n) is 7.12. The van der Waals surface area contributed by atoms with Crippen molar-refractivity contribution < 1.29 is 0 Å². The van der Waals surface area contributed by atoms with Crippen LogP contribution in [0.4, 0.5) is 0 Å². The molecule has 0 amide bonds. The molecule has 0 heterocycles. The zero-order valence-corrected chi connectivity index (χ0v) is 23.8. The Balaban J connectivity index is 1.34. The van der Waals surface area contributed by atoms with Crippen molar-refractivity contribution in [2.24, 2.45) is 11.8 Å². The number of aryl methyl sites for hydroxylation is 1. The average molecular weight is 491 g/mol. The molecule has 4 atom stereocenters. The quantitative estimate of drug-likeness (QED) is 0.339. The molecule has 5 rings (SSSR count). The molecule has 3 aliphatic carbocycles. The van der Waals surface area contributed by atoms with Crippen LogP contribution in [0.1, 0.15) is 117 Å². The van der Waals surface area contributed by atoms with Crippen molar-refractivity contribution in [1.82, 2.24) is 0 Å². The number of hydrogen-bond acceptors (Lipinski definition) is 0. The second kappa shape index (κ2) is 11.0. The van der Waals surface area contributed by atoms with Gasteiger partial charge < -0.3 is 0 Å². The van der Waals surface area contributed by atoms with Crippen molar-refractivity contribution in [3.8, 4) is 0 Å². The van der Waals surface area contributed by atoms with E-state index in [1.807, 2.05) is 0 Å². The highest BCUT2D eigenvalue weighted by atomic mass is 14.3. The van der Waals surface area contributed by atoms with E-state index in [9.17, 15) is 0 Å². The first kappa shape index (κ1) is 26.0. The van der Waals surface area contributed by atoms with Gasteiger partial charge >= 0.3 is 0 Å². The summed E-state index contributed by atoms with van der Waals surface area (Å²) in [5.74, 6) is 2.58. The van der Waals surface area contributed by atoms with Gasteiger partial charge in [-0.15, -0.1) is 0 Å². The number of allylic oxidation sites excluding steroid dienone is 7. The van der Waals surface area contributed by atoms with E-state index in [1.54, 1.807) is 5.56 Å². The van der Waals surface area contributed by atoms with Crippen molar-refractivity contribution in [1.29, 1.82) is 0 Å². The van der Waals surface area contributed by atoms with E-state index in [2.05, 4.69) is 95.3 Å². The summed E-state index contributed by atoms with van der Waals surface area (Å²) in [6.45, 7) is 16.4. The Labute approximate surface area is 226 Å². The molecule has 3 unspecified atom stereocenters. The van der Waals surface area contributed by atoms with E-state index in [1.165, 1.54) is 83.1 Å². The average Bonchev–Trinajstić information content (AvgIpc) is 3.24. The van der Waals surface area contributed by atoms with Crippen molar-refractivity contribution in [3.63, 3.8) is 0 Å². The van der Waals surface area contributed by atoms with E-state index in [0.717, 1.165) is 12.3 Å². The topological polar surface area (TPSA) is 0 Å². The summed E-state index contributed by atoms with van der Waals surface area (Å²) in [5, 5.41) is 0. The van der Waals surface area contributed by atoms with Crippen LogP contribution in [0.2, 0.25) is 0 Å². The molecule has 0 bridgehead atoms. The number of benzene rings is 2. The van der Waals surface area contributed by atoms with Gasteiger partial charge in [-0.1, -0.05) is 113 Å². The van der Waals surface area contributed by atoms with E-state index in [4.69, 9.17) is 6.58 Å². The molecular formula is C37H46. The molecule has 0 spiro atoms. The molecule has 2 aromatic carbocycles. The highest BCUT2D eigenvalue weighted by Gasteiger charge is 2.30. The normalized spacial score (nSPS) is 23.3. The summed E-state index contributed by atoms with van der Waals surface area (Å²) in [4.78, 5) is 0. The number of hydrogen-bond donors (Lipinski definition) is 0. The molecule has 0 radical (unpaired) electrons. The lowest BCUT2D eigenvalue weighted by molar-refractivity contribution is 0.443. The maximum absolute atomic E-state index is 4.71. The Kier molecular flexibility index (Phi) is 7.75. The standard InChI is InChI=1S/C37H46/c1-24-11-10-12-30(19-24)21-31-16-18-34-36(22-31)26(3)20-37(34)29(6)27(4)28(5)35-23-33(17-15-25(35)2)32-13-8-7-9-14-32/h10,12,15-20,22-24,28-29,32,37H,4,7-9,11,13-14,21H2,1-3,5-6H3/t24?,28-,29?,37?/m1/s1. The van der Waals surface area contributed by atoms with Crippen LogP contribution in [-0.4, -0.2) is 0 Å². The first-order valence-electron chi connectivity index (χ1n) is 14.8. The SMILES string of the molecule is C=C(C(C)C1C=C(C)c2cc(CC3=CC(C)CC=C3)ccc21)[C@@H](C)c1cc(C2CCCCC2)ccc1C. The van der Waals surface area contributed by atoms with Gasteiger partial charge in [0.05, 0.1) is 0 Å². The molecule has 1 saturated carbocycles. The van der Waals surface area contributed by atoms with Crippen molar-refractivity contribution in [3.05, 3.63) is 112 Å². The molecule has 0 saturated heterocycles. The lowest BCUT2D eigenvalue weighted by Gasteiger charge is -2.29. The Hall–Kier alpha value is -2.60. The van der Waals surface area contributed by atoms with Gasteiger partial charge in [-0.2, -0.15) is 0 Å². The van der Waals surface area contributed by atoms with Gasteiger partial charge in [-0.3, -0.25) is 0 Å². The minimum absolute atomic E-state index is 0.364. The van der Waals surface area contributed by atoms with Crippen LogP contribution in [0.5, 0.6) is 0 Å². The van der Waals surface area contributed by atoms with Gasteiger partial charge in [0, 0.05) is 11.8 Å². The van der Waals surface area contributed by atoms with Crippen LogP contribution >= 0.6 is 0 Å². The van der Waals surface area contributed by atoms with E-state index >= 15 is 0 Å². The van der Waals surface area contributed by atoms with Crippen LogP contribution in [0.3, 0.4) is 0 Å². The lowest BCUT2D eigenvalue weighted by Crippen LogP contribution is -2.14. The Morgan fingerprint density at radius 2 is 1.76 bits per heavy atom. The van der Waals surface area contributed by atoms with Crippen LogP contribution in [-0.2, 0) is 6.42 Å². The summed E-state index contributed by atoms with van der Waals surface area (Å²) in [6, 6.07) is 14.5. The second-order valence-corrected chi connectivity index (χ2v) is 12.4. The molecule has 0 heteroatoms.